The van der Waals surface area contributed by atoms with E-state index in [-0.39, 0.29) is 4.90 Å². The molecular weight excluding hydrogens is 464 g/mol. The van der Waals surface area contributed by atoms with Crippen LogP contribution < -0.4 is 4.72 Å². The summed E-state index contributed by atoms with van der Waals surface area (Å²) in [5, 5.41) is 0.731. The first kappa shape index (κ1) is 21.8. The number of benzene rings is 2. The summed E-state index contributed by atoms with van der Waals surface area (Å²) in [5.74, 6) is -2.08. The van der Waals surface area contributed by atoms with E-state index in [4.69, 9.17) is 11.6 Å². The lowest BCUT2D eigenvalue weighted by Crippen LogP contribution is -2.32. The number of rotatable bonds is 7. The maximum absolute atomic E-state index is 13.9. The Morgan fingerprint density at radius 2 is 1.69 bits per heavy atom. The second kappa shape index (κ2) is 8.49. The Hall–Kier alpha value is -1.85. The minimum atomic E-state index is -4.49. The van der Waals surface area contributed by atoms with E-state index in [1.165, 1.54) is 24.3 Å². The molecule has 0 radical (unpaired) electrons. The van der Waals surface area contributed by atoms with Gasteiger partial charge in [-0.15, -0.1) is 11.3 Å². The first-order valence-corrected chi connectivity index (χ1v) is 12.4. The van der Waals surface area contributed by atoms with Crippen LogP contribution in [0, 0.1) is 11.6 Å². The second-order valence-electron chi connectivity index (χ2n) is 5.93. The summed E-state index contributed by atoms with van der Waals surface area (Å²) >= 11 is 6.94. The SMILES string of the molecule is O=S(=O)(NC[C@@H](c1cccs1)S(=O)(=O)c1ccc(Cl)cc1)c1cc(F)ccc1F. The Balaban J connectivity index is 1.95. The Bertz CT molecular complexity index is 1210. The van der Waals surface area contributed by atoms with Crippen molar-refractivity contribution in [3.05, 3.63) is 81.5 Å². The number of halogens is 3. The van der Waals surface area contributed by atoms with Gasteiger partial charge in [-0.2, -0.15) is 0 Å². The molecule has 0 fully saturated rings. The van der Waals surface area contributed by atoms with Gasteiger partial charge in [0.15, 0.2) is 9.84 Å². The maximum Gasteiger partial charge on any atom is 0.243 e. The number of sulfonamides is 1. The van der Waals surface area contributed by atoms with Crippen LogP contribution in [0.3, 0.4) is 0 Å². The topological polar surface area (TPSA) is 80.3 Å². The molecule has 154 valence electrons. The monoisotopic (exact) mass is 477 g/mol. The zero-order valence-electron chi connectivity index (χ0n) is 14.5. The lowest BCUT2D eigenvalue weighted by atomic mass is 10.3. The standard InChI is InChI=1S/C18H14ClF2NO4S3/c19-12-3-6-14(7-4-12)28(23,24)18(16-2-1-9-27-16)11-22-29(25,26)17-10-13(20)5-8-15(17)21/h1-10,18,22H,11H2/t18-/m0/s1. The number of hydrogen-bond acceptors (Lipinski definition) is 5. The van der Waals surface area contributed by atoms with Crippen LogP contribution in [0.1, 0.15) is 10.1 Å². The molecule has 0 unspecified atom stereocenters. The summed E-state index contributed by atoms with van der Waals surface area (Å²) in [6.07, 6.45) is 0. The van der Waals surface area contributed by atoms with Gasteiger partial charge in [-0.1, -0.05) is 17.7 Å². The summed E-state index contributed by atoms with van der Waals surface area (Å²) < 4.78 is 80.5. The van der Waals surface area contributed by atoms with Gasteiger partial charge in [0.05, 0.1) is 4.90 Å². The van der Waals surface area contributed by atoms with Gasteiger partial charge >= 0.3 is 0 Å². The molecule has 11 heteroatoms. The van der Waals surface area contributed by atoms with Crippen molar-refractivity contribution in [2.75, 3.05) is 6.54 Å². The molecule has 29 heavy (non-hydrogen) atoms. The third-order valence-electron chi connectivity index (χ3n) is 4.02. The largest absolute Gasteiger partial charge is 0.243 e. The average Bonchev–Trinajstić information content (AvgIpc) is 3.18. The Kier molecular flexibility index (Phi) is 6.39. The van der Waals surface area contributed by atoms with E-state index in [2.05, 4.69) is 4.72 Å². The summed E-state index contributed by atoms with van der Waals surface area (Å²) in [7, 11) is -8.50. The smallest absolute Gasteiger partial charge is 0.223 e. The van der Waals surface area contributed by atoms with Crippen LogP contribution in [0.15, 0.2) is 69.8 Å². The van der Waals surface area contributed by atoms with Crippen molar-refractivity contribution in [3.8, 4) is 0 Å². The highest BCUT2D eigenvalue weighted by Gasteiger charge is 2.32. The van der Waals surface area contributed by atoms with Crippen LogP contribution >= 0.6 is 22.9 Å². The van der Waals surface area contributed by atoms with Crippen LogP contribution in [0.5, 0.6) is 0 Å². The summed E-state index contributed by atoms with van der Waals surface area (Å²) in [5.41, 5.74) is 0. The highest BCUT2D eigenvalue weighted by atomic mass is 35.5. The molecule has 3 rings (SSSR count). The van der Waals surface area contributed by atoms with Crippen molar-refractivity contribution >= 4 is 42.8 Å². The van der Waals surface area contributed by atoms with Crippen molar-refractivity contribution in [2.24, 2.45) is 0 Å². The molecule has 1 N–H and O–H groups in total. The van der Waals surface area contributed by atoms with E-state index in [9.17, 15) is 25.6 Å². The molecule has 0 amide bonds. The van der Waals surface area contributed by atoms with Gasteiger partial charge in [-0.3, -0.25) is 0 Å². The molecule has 1 atom stereocenters. The van der Waals surface area contributed by atoms with Crippen LogP contribution in [0.2, 0.25) is 5.02 Å². The summed E-state index contributed by atoms with van der Waals surface area (Å²) in [6, 6.07) is 10.6. The fourth-order valence-corrected chi connectivity index (χ4v) is 6.72. The lowest BCUT2D eigenvalue weighted by molar-refractivity contribution is 0.544. The van der Waals surface area contributed by atoms with Gasteiger partial charge in [-0.05, 0) is 53.9 Å². The third kappa shape index (κ3) is 4.84. The predicted molar refractivity (Wildman–Crippen MR) is 107 cm³/mol. The molecule has 0 saturated carbocycles. The van der Waals surface area contributed by atoms with Gasteiger partial charge in [0.25, 0.3) is 0 Å². The summed E-state index contributed by atoms with van der Waals surface area (Å²) in [6.45, 7) is -0.566. The molecule has 3 aromatic rings. The maximum atomic E-state index is 13.9. The number of thiophene rings is 1. The van der Waals surface area contributed by atoms with Gasteiger partial charge in [-0.25, -0.2) is 30.3 Å². The zero-order chi connectivity index (χ0) is 21.2. The average molecular weight is 478 g/mol. The van der Waals surface area contributed by atoms with Gasteiger partial charge < -0.3 is 0 Å². The van der Waals surface area contributed by atoms with E-state index in [1.54, 1.807) is 17.5 Å². The van der Waals surface area contributed by atoms with E-state index in [1.807, 2.05) is 0 Å². The quantitative estimate of drug-likeness (QED) is 0.553. The Morgan fingerprint density at radius 3 is 2.31 bits per heavy atom. The van der Waals surface area contributed by atoms with Crippen LogP contribution in [0.25, 0.3) is 0 Å². The molecule has 1 heterocycles. The van der Waals surface area contributed by atoms with Crippen LogP contribution in [-0.2, 0) is 19.9 Å². The van der Waals surface area contributed by atoms with Crippen molar-refractivity contribution in [1.29, 1.82) is 0 Å². The van der Waals surface area contributed by atoms with E-state index < -0.39 is 48.2 Å². The fraction of sp³-hybridized carbons (Fsp3) is 0.111. The molecule has 0 aliphatic heterocycles. The lowest BCUT2D eigenvalue weighted by Gasteiger charge is -2.18. The zero-order valence-corrected chi connectivity index (χ0v) is 17.8. The van der Waals surface area contributed by atoms with Crippen molar-refractivity contribution < 1.29 is 25.6 Å². The minimum Gasteiger partial charge on any atom is -0.223 e. The summed E-state index contributed by atoms with van der Waals surface area (Å²) in [4.78, 5) is -0.551. The van der Waals surface area contributed by atoms with E-state index >= 15 is 0 Å². The van der Waals surface area contributed by atoms with Crippen LogP contribution in [0.4, 0.5) is 8.78 Å². The number of sulfone groups is 1. The first-order chi connectivity index (χ1) is 13.6. The van der Waals surface area contributed by atoms with Gasteiger partial charge in [0.2, 0.25) is 10.0 Å². The number of nitrogens with one attached hydrogen (secondary N) is 1. The van der Waals surface area contributed by atoms with Crippen molar-refractivity contribution in [2.45, 2.75) is 15.0 Å². The first-order valence-electron chi connectivity index (χ1n) is 8.09. The highest BCUT2D eigenvalue weighted by Crippen LogP contribution is 2.32. The molecule has 1 aromatic heterocycles. The molecule has 0 aliphatic carbocycles. The molecule has 0 aliphatic rings. The molecule has 5 nitrogen and oxygen atoms in total. The van der Waals surface area contributed by atoms with Gasteiger partial charge in [0, 0.05) is 16.4 Å². The highest BCUT2D eigenvalue weighted by molar-refractivity contribution is 7.92. The molecule has 0 bridgehead atoms. The Morgan fingerprint density at radius 1 is 1.00 bits per heavy atom. The molecular formula is C18H14ClF2NO4S3. The molecule has 2 aromatic carbocycles. The molecule has 0 saturated heterocycles. The van der Waals surface area contributed by atoms with E-state index in [0.717, 1.165) is 17.4 Å². The van der Waals surface area contributed by atoms with Crippen LogP contribution in [-0.4, -0.2) is 23.4 Å². The number of hydrogen-bond donors (Lipinski definition) is 1. The van der Waals surface area contributed by atoms with Crippen molar-refractivity contribution in [1.82, 2.24) is 4.72 Å². The van der Waals surface area contributed by atoms with Gasteiger partial charge in [0.1, 0.15) is 21.8 Å². The molecule has 0 spiro atoms. The van der Waals surface area contributed by atoms with E-state index in [0.29, 0.717) is 22.0 Å². The fourth-order valence-electron chi connectivity index (χ4n) is 2.57. The predicted octanol–water partition coefficient (Wildman–Crippen LogP) is 4.17. The second-order valence-corrected chi connectivity index (χ2v) is 11.2. The minimum absolute atomic E-state index is 0.0450. The normalized spacial score (nSPS) is 13.3. The van der Waals surface area contributed by atoms with Crippen molar-refractivity contribution in [3.63, 3.8) is 0 Å². The third-order valence-corrected chi connectivity index (χ3v) is 8.94. The Labute approximate surface area is 175 Å².